The Labute approximate surface area is 86.0 Å². The van der Waals surface area contributed by atoms with Crippen LogP contribution in [-0.2, 0) is 6.54 Å². The molecule has 0 bridgehead atoms. The van der Waals surface area contributed by atoms with Crippen molar-refractivity contribution < 1.29 is 0 Å². The SMILES string of the molecule is C=CCN(CC)Cc1cccc(N)c1. The molecule has 0 aliphatic carbocycles. The monoisotopic (exact) mass is 190 g/mol. The maximum absolute atomic E-state index is 5.71. The van der Waals surface area contributed by atoms with E-state index in [4.69, 9.17) is 5.73 Å². The van der Waals surface area contributed by atoms with Crippen LogP contribution in [0.25, 0.3) is 0 Å². The van der Waals surface area contributed by atoms with Crippen LogP contribution in [0.4, 0.5) is 5.69 Å². The van der Waals surface area contributed by atoms with Gasteiger partial charge in [-0.25, -0.2) is 0 Å². The zero-order valence-electron chi connectivity index (χ0n) is 8.74. The fourth-order valence-electron chi connectivity index (χ4n) is 1.44. The molecule has 0 unspecified atom stereocenters. The number of rotatable bonds is 5. The molecular formula is C12H18N2. The van der Waals surface area contributed by atoms with Crippen molar-refractivity contribution >= 4 is 5.69 Å². The number of nitrogens with two attached hydrogens (primary N) is 1. The van der Waals surface area contributed by atoms with Crippen molar-refractivity contribution in [1.29, 1.82) is 0 Å². The first kappa shape index (κ1) is 10.8. The summed E-state index contributed by atoms with van der Waals surface area (Å²) < 4.78 is 0. The van der Waals surface area contributed by atoms with Gasteiger partial charge in [-0.3, -0.25) is 4.90 Å². The van der Waals surface area contributed by atoms with Crippen molar-refractivity contribution in [3.05, 3.63) is 42.5 Å². The number of hydrogen-bond acceptors (Lipinski definition) is 2. The van der Waals surface area contributed by atoms with E-state index >= 15 is 0 Å². The quantitative estimate of drug-likeness (QED) is 0.570. The molecule has 0 heterocycles. The molecule has 0 spiro atoms. The maximum atomic E-state index is 5.71. The Morgan fingerprint density at radius 1 is 1.50 bits per heavy atom. The van der Waals surface area contributed by atoms with E-state index in [9.17, 15) is 0 Å². The van der Waals surface area contributed by atoms with E-state index in [-0.39, 0.29) is 0 Å². The van der Waals surface area contributed by atoms with E-state index in [0.29, 0.717) is 0 Å². The lowest BCUT2D eigenvalue weighted by Gasteiger charge is -2.18. The van der Waals surface area contributed by atoms with Gasteiger partial charge < -0.3 is 5.73 Å². The zero-order chi connectivity index (χ0) is 10.4. The number of nitrogen functional groups attached to an aromatic ring is 1. The number of benzene rings is 1. The number of hydrogen-bond donors (Lipinski definition) is 1. The summed E-state index contributed by atoms with van der Waals surface area (Å²) in [6.07, 6.45) is 1.93. The topological polar surface area (TPSA) is 29.3 Å². The minimum atomic E-state index is 0.831. The Morgan fingerprint density at radius 2 is 2.29 bits per heavy atom. The van der Waals surface area contributed by atoms with E-state index in [2.05, 4.69) is 24.5 Å². The summed E-state index contributed by atoms with van der Waals surface area (Å²) in [4.78, 5) is 2.31. The fourth-order valence-corrected chi connectivity index (χ4v) is 1.44. The Balaban J connectivity index is 2.61. The van der Waals surface area contributed by atoms with Crippen LogP contribution in [0.5, 0.6) is 0 Å². The molecule has 1 aromatic carbocycles. The van der Waals surface area contributed by atoms with Gasteiger partial charge in [0.2, 0.25) is 0 Å². The van der Waals surface area contributed by atoms with Gasteiger partial charge in [0.1, 0.15) is 0 Å². The van der Waals surface area contributed by atoms with Crippen molar-refractivity contribution in [3.8, 4) is 0 Å². The molecule has 1 aromatic rings. The summed E-state index contributed by atoms with van der Waals surface area (Å²) in [5.74, 6) is 0. The summed E-state index contributed by atoms with van der Waals surface area (Å²) in [6.45, 7) is 8.78. The molecule has 76 valence electrons. The highest BCUT2D eigenvalue weighted by molar-refractivity contribution is 5.40. The second-order valence-corrected chi connectivity index (χ2v) is 3.36. The van der Waals surface area contributed by atoms with Gasteiger partial charge in [-0.1, -0.05) is 25.1 Å². The van der Waals surface area contributed by atoms with Crippen LogP contribution in [0.2, 0.25) is 0 Å². The predicted octanol–water partition coefficient (Wildman–Crippen LogP) is 2.28. The highest BCUT2D eigenvalue weighted by Crippen LogP contribution is 2.09. The van der Waals surface area contributed by atoms with Crippen LogP contribution in [-0.4, -0.2) is 18.0 Å². The van der Waals surface area contributed by atoms with Crippen molar-refractivity contribution in [2.75, 3.05) is 18.8 Å². The molecule has 1 rings (SSSR count). The van der Waals surface area contributed by atoms with Gasteiger partial charge in [0.05, 0.1) is 0 Å². The van der Waals surface area contributed by atoms with Crippen molar-refractivity contribution in [1.82, 2.24) is 4.90 Å². The molecule has 0 aliphatic heterocycles. The molecule has 2 N–H and O–H groups in total. The van der Waals surface area contributed by atoms with Crippen molar-refractivity contribution in [2.24, 2.45) is 0 Å². The smallest absolute Gasteiger partial charge is 0.0317 e. The van der Waals surface area contributed by atoms with Crippen LogP contribution < -0.4 is 5.73 Å². The maximum Gasteiger partial charge on any atom is 0.0317 e. The summed E-state index contributed by atoms with van der Waals surface area (Å²) in [5.41, 5.74) is 7.80. The zero-order valence-corrected chi connectivity index (χ0v) is 8.74. The van der Waals surface area contributed by atoms with Crippen LogP contribution >= 0.6 is 0 Å². The molecule has 0 fully saturated rings. The summed E-state index contributed by atoms with van der Waals surface area (Å²) in [6, 6.07) is 8.02. The normalized spacial score (nSPS) is 10.4. The van der Waals surface area contributed by atoms with Gasteiger partial charge in [-0.15, -0.1) is 6.58 Å². The van der Waals surface area contributed by atoms with Crippen LogP contribution in [0.1, 0.15) is 12.5 Å². The minimum Gasteiger partial charge on any atom is -0.399 e. The Kier molecular flexibility index (Phi) is 4.20. The molecule has 2 nitrogen and oxygen atoms in total. The lowest BCUT2D eigenvalue weighted by molar-refractivity contribution is 0.311. The second-order valence-electron chi connectivity index (χ2n) is 3.36. The Morgan fingerprint density at radius 3 is 2.86 bits per heavy atom. The van der Waals surface area contributed by atoms with E-state index in [1.165, 1.54) is 5.56 Å². The third-order valence-electron chi connectivity index (χ3n) is 2.19. The van der Waals surface area contributed by atoms with Crippen molar-refractivity contribution in [2.45, 2.75) is 13.5 Å². The van der Waals surface area contributed by atoms with Crippen LogP contribution in [0, 0.1) is 0 Å². The van der Waals surface area contributed by atoms with Crippen LogP contribution in [0.3, 0.4) is 0 Å². The highest BCUT2D eigenvalue weighted by atomic mass is 15.1. The van der Waals surface area contributed by atoms with E-state index in [1.807, 2.05) is 24.3 Å². The third kappa shape index (κ3) is 3.23. The fraction of sp³-hybridized carbons (Fsp3) is 0.333. The lowest BCUT2D eigenvalue weighted by atomic mass is 10.2. The first-order valence-electron chi connectivity index (χ1n) is 4.94. The standard InChI is InChI=1S/C12H18N2/c1-3-8-14(4-2)10-11-6-5-7-12(13)9-11/h3,5-7,9H,1,4,8,10,13H2,2H3. The van der Waals surface area contributed by atoms with E-state index < -0.39 is 0 Å². The van der Waals surface area contributed by atoms with Gasteiger partial charge in [0, 0.05) is 18.8 Å². The third-order valence-corrected chi connectivity index (χ3v) is 2.19. The minimum absolute atomic E-state index is 0.831. The van der Waals surface area contributed by atoms with Gasteiger partial charge in [0.15, 0.2) is 0 Å². The molecule has 0 aliphatic rings. The summed E-state index contributed by atoms with van der Waals surface area (Å²) in [7, 11) is 0. The van der Waals surface area contributed by atoms with Crippen molar-refractivity contribution in [3.63, 3.8) is 0 Å². The number of anilines is 1. The molecule has 14 heavy (non-hydrogen) atoms. The van der Waals surface area contributed by atoms with Gasteiger partial charge in [-0.05, 0) is 24.2 Å². The molecule has 2 heteroatoms. The van der Waals surface area contributed by atoms with Gasteiger partial charge in [0.25, 0.3) is 0 Å². The highest BCUT2D eigenvalue weighted by Gasteiger charge is 2.01. The molecule has 0 atom stereocenters. The Bertz CT molecular complexity index is 294. The van der Waals surface area contributed by atoms with Crippen LogP contribution in [0.15, 0.2) is 36.9 Å². The predicted molar refractivity (Wildman–Crippen MR) is 62.0 cm³/mol. The molecule has 0 radical (unpaired) electrons. The first-order chi connectivity index (χ1) is 6.76. The number of nitrogens with zero attached hydrogens (tertiary/aromatic N) is 1. The molecule has 0 amide bonds. The largest absolute Gasteiger partial charge is 0.399 e. The first-order valence-corrected chi connectivity index (χ1v) is 4.94. The molecule has 0 aromatic heterocycles. The summed E-state index contributed by atoms with van der Waals surface area (Å²) >= 11 is 0. The average molecular weight is 190 g/mol. The summed E-state index contributed by atoms with van der Waals surface area (Å²) in [5, 5.41) is 0. The van der Waals surface area contributed by atoms with Gasteiger partial charge >= 0.3 is 0 Å². The average Bonchev–Trinajstić information content (AvgIpc) is 2.17. The molecule has 0 saturated carbocycles. The lowest BCUT2D eigenvalue weighted by Crippen LogP contribution is -2.22. The van der Waals surface area contributed by atoms with Gasteiger partial charge in [-0.2, -0.15) is 0 Å². The Hall–Kier alpha value is -1.28. The van der Waals surface area contributed by atoms with E-state index in [0.717, 1.165) is 25.3 Å². The van der Waals surface area contributed by atoms with E-state index in [1.54, 1.807) is 0 Å². The molecule has 0 saturated heterocycles. The second kappa shape index (κ2) is 5.45. The number of likely N-dealkylation sites (N-methyl/N-ethyl adjacent to an activating group) is 1. The molecular weight excluding hydrogens is 172 g/mol.